The van der Waals surface area contributed by atoms with E-state index in [0.717, 1.165) is 0 Å². The highest BCUT2D eigenvalue weighted by Crippen LogP contribution is 2.37. The van der Waals surface area contributed by atoms with Crippen LogP contribution in [0.4, 0.5) is 0 Å². The number of furan rings is 1. The molecule has 1 aromatic carbocycles. The molecule has 1 aromatic heterocycles. The van der Waals surface area contributed by atoms with Crippen LogP contribution in [0.3, 0.4) is 0 Å². The van der Waals surface area contributed by atoms with E-state index in [1.807, 2.05) is 0 Å². The van der Waals surface area contributed by atoms with Gasteiger partial charge in [0.25, 0.3) is 0 Å². The van der Waals surface area contributed by atoms with Gasteiger partial charge in [-0.2, -0.15) is 0 Å². The summed E-state index contributed by atoms with van der Waals surface area (Å²) in [5, 5.41) is -0.159. The summed E-state index contributed by atoms with van der Waals surface area (Å²) < 4.78 is 40.1. The van der Waals surface area contributed by atoms with Crippen LogP contribution in [0.15, 0.2) is 38.7 Å². The van der Waals surface area contributed by atoms with Crippen molar-refractivity contribution in [3.8, 4) is 11.5 Å². The predicted molar refractivity (Wildman–Crippen MR) is 74.1 cm³/mol. The Hall–Kier alpha value is -1.99. The third-order valence-corrected chi connectivity index (χ3v) is 4.65. The van der Waals surface area contributed by atoms with E-state index in [1.165, 1.54) is 38.5 Å². The maximum absolute atomic E-state index is 12.5. The molecule has 0 unspecified atom stereocenters. The van der Waals surface area contributed by atoms with E-state index in [9.17, 15) is 13.2 Å². The summed E-state index contributed by atoms with van der Waals surface area (Å²) in [4.78, 5) is 10.4. The molecule has 0 N–H and O–H groups in total. The zero-order chi connectivity index (χ0) is 15.6. The van der Waals surface area contributed by atoms with Crippen LogP contribution in [0.2, 0.25) is 5.02 Å². The lowest BCUT2D eigenvalue weighted by atomic mass is 10.3. The Morgan fingerprint density at radius 2 is 1.81 bits per heavy atom. The maximum Gasteiger partial charge on any atom is 0.243 e. The second kappa shape index (κ2) is 5.79. The monoisotopic (exact) mass is 330 g/mol. The van der Waals surface area contributed by atoms with Gasteiger partial charge in [0.1, 0.15) is 16.4 Å². The number of hydrogen-bond donors (Lipinski definition) is 0. The zero-order valence-corrected chi connectivity index (χ0v) is 12.7. The van der Waals surface area contributed by atoms with Crippen molar-refractivity contribution in [3.63, 3.8) is 0 Å². The van der Waals surface area contributed by atoms with Gasteiger partial charge >= 0.3 is 0 Å². The van der Waals surface area contributed by atoms with Gasteiger partial charge in [-0.05, 0) is 12.1 Å². The number of halogens is 1. The van der Waals surface area contributed by atoms with Crippen molar-refractivity contribution in [2.75, 3.05) is 14.2 Å². The maximum atomic E-state index is 12.5. The van der Waals surface area contributed by atoms with E-state index in [0.29, 0.717) is 6.29 Å². The first-order chi connectivity index (χ1) is 9.93. The van der Waals surface area contributed by atoms with E-state index in [1.54, 1.807) is 0 Å². The molecule has 2 rings (SSSR count). The van der Waals surface area contributed by atoms with Gasteiger partial charge in [0.15, 0.2) is 12.0 Å². The Morgan fingerprint density at radius 3 is 2.33 bits per heavy atom. The molecule has 0 aliphatic heterocycles. The molecule has 0 amide bonds. The van der Waals surface area contributed by atoms with Gasteiger partial charge in [-0.1, -0.05) is 11.6 Å². The highest BCUT2D eigenvalue weighted by Gasteiger charge is 2.27. The molecule has 0 saturated carbocycles. The average Bonchev–Trinajstić information content (AvgIpc) is 2.96. The van der Waals surface area contributed by atoms with Crippen molar-refractivity contribution in [3.05, 3.63) is 35.0 Å². The molecular formula is C13H11ClO6S. The van der Waals surface area contributed by atoms with Gasteiger partial charge in [0.05, 0.1) is 19.2 Å². The molecule has 2 aromatic rings. The summed E-state index contributed by atoms with van der Waals surface area (Å²) in [5.74, 6) is 0.136. The van der Waals surface area contributed by atoms with Gasteiger partial charge in [-0.15, -0.1) is 0 Å². The van der Waals surface area contributed by atoms with Crippen molar-refractivity contribution in [1.29, 1.82) is 0 Å². The molecule has 8 heteroatoms. The number of aldehydes is 1. The minimum Gasteiger partial charge on any atom is -0.495 e. The molecule has 0 aliphatic rings. The molecule has 0 atom stereocenters. The summed E-state index contributed by atoms with van der Waals surface area (Å²) in [6, 6.07) is 5.02. The minimum absolute atomic E-state index is 0.0462. The Balaban J connectivity index is 2.65. The smallest absolute Gasteiger partial charge is 0.243 e. The van der Waals surface area contributed by atoms with Crippen LogP contribution in [0.5, 0.6) is 11.5 Å². The summed E-state index contributed by atoms with van der Waals surface area (Å²) in [6.45, 7) is 0. The lowest BCUT2D eigenvalue weighted by Crippen LogP contribution is -2.04. The van der Waals surface area contributed by atoms with Crippen LogP contribution in [0.25, 0.3) is 0 Å². The lowest BCUT2D eigenvalue weighted by molar-refractivity contribution is 0.109. The van der Waals surface area contributed by atoms with E-state index >= 15 is 0 Å². The first-order valence-corrected chi connectivity index (χ1v) is 7.51. The number of carbonyl (C=O) groups excluding carboxylic acids is 1. The van der Waals surface area contributed by atoms with E-state index in [-0.39, 0.29) is 32.3 Å². The number of ether oxygens (including phenoxy) is 2. The van der Waals surface area contributed by atoms with Crippen LogP contribution in [0, 0.1) is 0 Å². The molecule has 6 nitrogen and oxygen atoms in total. The van der Waals surface area contributed by atoms with Crippen molar-refractivity contribution in [1.82, 2.24) is 0 Å². The molecule has 0 aliphatic carbocycles. The fraction of sp³-hybridized carbons (Fsp3) is 0.154. The van der Waals surface area contributed by atoms with Crippen LogP contribution < -0.4 is 9.47 Å². The normalized spacial score (nSPS) is 11.2. The minimum atomic E-state index is -4.01. The number of carbonyl (C=O) groups is 1. The van der Waals surface area contributed by atoms with E-state index in [4.69, 9.17) is 25.5 Å². The summed E-state index contributed by atoms with van der Waals surface area (Å²) in [7, 11) is -1.33. The standard InChI is InChI=1S/C13H11ClO6S/c1-18-10-6-12(11(19-2)5-9(10)14)21(16,17)13-4-3-8(7-15)20-13/h3-7H,1-2H3. The van der Waals surface area contributed by atoms with Crippen molar-refractivity contribution in [2.24, 2.45) is 0 Å². The molecular weight excluding hydrogens is 320 g/mol. The second-order valence-electron chi connectivity index (χ2n) is 3.92. The van der Waals surface area contributed by atoms with Crippen LogP contribution in [-0.4, -0.2) is 28.9 Å². The van der Waals surface area contributed by atoms with E-state index in [2.05, 4.69) is 0 Å². The van der Waals surface area contributed by atoms with Crippen LogP contribution in [0.1, 0.15) is 10.6 Å². The SMILES string of the molecule is COc1cc(S(=O)(=O)c2ccc(C=O)o2)c(OC)cc1Cl. The molecule has 0 radical (unpaired) electrons. The van der Waals surface area contributed by atoms with Gasteiger partial charge in [0.2, 0.25) is 14.9 Å². The molecule has 0 fully saturated rings. The van der Waals surface area contributed by atoms with Crippen molar-refractivity contribution >= 4 is 27.7 Å². The third-order valence-electron chi connectivity index (χ3n) is 2.71. The Kier molecular flexibility index (Phi) is 4.24. The Bertz CT molecular complexity index is 778. The summed E-state index contributed by atoms with van der Waals surface area (Å²) >= 11 is 5.93. The van der Waals surface area contributed by atoms with Gasteiger partial charge in [-0.25, -0.2) is 8.42 Å². The molecule has 21 heavy (non-hydrogen) atoms. The van der Waals surface area contributed by atoms with Gasteiger partial charge < -0.3 is 13.9 Å². The highest BCUT2D eigenvalue weighted by molar-refractivity contribution is 7.91. The Morgan fingerprint density at radius 1 is 1.14 bits per heavy atom. The highest BCUT2D eigenvalue weighted by atomic mass is 35.5. The number of sulfone groups is 1. The first kappa shape index (κ1) is 15.4. The number of hydrogen-bond acceptors (Lipinski definition) is 6. The van der Waals surface area contributed by atoms with Crippen molar-refractivity contribution < 1.29 is 27.1 Å². The molecule has 0 bridgehead atoms. The summed E-state index contributed by atoms with van der Waals surface area (Å²) in [5.41, 5.74) is 0. The van der Waals surface area contributed by atoms with E-state index < -0.39 is 9.84 Å². The average molecular weight is 331 g/mol. The zero-order valence-electron chi connectivity index (χ0n) is 11.1. The fourth-order valence-electron chi connectivity index (χ4n) is 1.69. The predicted octanol–water partition coefficient (Wildman–Crippen LogP) is 2.60. The van der Waals surface area contributed by atoms with Gasteiger partial charge in [-0.3, -0.25) is 4.79 Å². The fourth-order valence-corrected chi connectivity index (χ4v) is 3.26. The van der Waals surface area contributed by atoms with Crippen LogP contribution in [-0.2, 0) is 9.84 Å². The topological polar surface area (TPSA) is 82.8 Å². The van der Waals surface area contributed by atoms with Gasteiger partial charge in [0, 0.05) is 12.1 Å². The third kappa shape index (κ3) is 2.74. The first-order valence-electron chi connectivity index (χ1n) is 5.65. The number of methoxy groups -OCH3 is 2. The summed E-state index contributed by atoms with van der Waals surface area (Å²) in [6.07, 6.45) is 0.415. The molecule has 0 saturated heterocycles. The molecule has 0 spiro atoms. The largest absolute Gasteiger partial charge is 0.495 e. The molecule has 112 valence electrons. The van der Waals surface area contributed by atoms with Crippen LogP contribution >= 0.6 is 11.6 Å². The number of benzene rings is 1. The molecule has 1 heterocycles. The number of rotatable bonds is 5. The quantitative estimate of drug-likeness (QED) is 0.784. The lowest BCUT2D eigenvalue weighted by Gasteiger charge is -2.11. The second-order valence-corrected chi connectivity index (χ2v) is 6.17. The van der Waals surface area contributed by atoms with Crippen molar-refractivity contribution in [2.45, 2.75) is 9.99 Å². The Labute approximate surface area is 126 Å².